The van der Waals surface area contributed by atoms with Gasteiger partial charge in [0.25, 0.3) is 0 Å². The Morgan fingerprint density at radius 2 is 2.44 bits per heavy atom. The maximum atomic E-state index is 6.11. The van der Waals surface area contributed by atoms with Crippen molar-refractivity contribution in [3.8, 4) is 0 Å². The maximum Gasteiger partial charge on any atom is 0.155 e. The highest BCUT2D eigenvalue weighted by Gasteiger charge is 2.22. The van der Waals surface area contributed by atoms with Gasteiger partial charge in [-0.3, -0.25) is 0 Å². The number of nitrogen functional groups attached to an aromatic ring is 1. The second-order valence-corrected chi connectivity index (χ2v) is 4.48. The predicted octanol–water partition coefficient (Wildman–Crippen LogP) is 1.99. The molecule has 0 amide bonds. The Morgan fingerprint density at radius 3 is 3.19 bits per heavy atom. The standard InChI is InChI=1S/C11H13ClN4/c12-10-9-6-7(13)3-5-16(9)11(15-10)8-2-1-4-14-8/h3,5-6,8,14H,1-2,4,13H2. The number of rotatable bonds is 1. The van der Waals surface area contributed by atoms with E-state index in [0.717, 1.165) is 24.3 Å². The lowest BCUT2D eigenvalue weighted by atomic mass is 10.2. The van der Waals surface area contributed by atoms with Crippen molar-refractivity contribution in [3.05, 3.63) is 29.3 Å². The van der Waals surface area contributed by atoms with Gasteiger partial charge in [-0.2, -0.15) is 0 Å². The van der Waals surface area contributed by atoms with E-state index in [9.17, 15) is 0 Å². The molecule has 2 aromatic heterocycles. The van der Waals surface area contributed by atoms with Crippen molar-refractivity contribution >= 4 is 22.8 Å². The van der Waals surface area contributed by atoms with E-state index < -0.39 is 0 Å². The van der Waals surface area contributed by atoms with E-state index in [1.165, 1.54) is 6.42 Å². The van der Waals surface area contributed by atoms with Gasteiger partial charge in [-0.1, -0.05) is 11.6 Å². The summed E-state index contributed by atoms with van der Waals surface area (Å²) in [6.45, 7) is 1.05. The van der Waals surface area contributed by atoms with Gasteiger partial charge >= 0.3 is 0 Å². The molecular formula is C11H13ClN4. The minimum absolute atomic E-state index is 0.309. The van der Waals surface area contributed by atoms with Gasteiger partial charge in [-0.15, -0.1) is 0 Å². The fraction of sp³-hybridized carbons (Fsp3) is 0.364. The smallest absolute Gasteiger partial charge is 0.155 e. The summed E-state index contributed by atoms with van der Waals surface area (Å²) >= 11 is 6.11. The van der Waals surface area contributed by atoms with Crippen molar-refractivity contribution in [1.29, 1.82) is 0 Å². The second kappa shape index (κ2) is 3.64. The van der Waals surface area contributed by atoms with Crippen LogP contribution in [0.2, 0.25) is 5.15 Å². The normalized spacial score (nSPS) is 20.7. The molecule has 1 aliphatic rings. The third-order valence-electron chi connectivity index (χ3n) is 3.02. The Balaban J connectivity index is 2.18. The molecule has 5 heteroatoms. The van der Waals surface area contributed by atoms with Crippen LogP contribution in [-0.4, -0.2) is 15.9 Å². The van der Waals surface area contributed by atoms with Crippen LogP contribution in [0.25, 0.3) is 5.52 Å². The van der Waals surface area contributed by atoms with Crippen molar-refractivity contribution in [2.24, 2.45) is 0 Å². The van der Waals surface area contributed by atoms with Crippen LogP contribution in [-0.2, 0) is 0 Å². The summed E-state index contributed by atoms with van der Waals surface area (Å²) in [7, 11) is 0. The summed E-state index contributed by atoms with van der Waals surface area (Å²) in [6, 6.07) is 4.03. The lowest BCUT2D eigenvalue weighted by Crippen LogP contribution is -2.15. The number of nitrogens with two attached hydrogens (primary N) is 1. The molecular weight excluding hydrogens is 224 g/mol. The number of fused-ring (bicyclic) bond motifs is 1. The number of anilines is 1. The summed E-state index contributed by atoms with van der Waals surface area (Å²) in [5.41, 5.74) is 7.33. The van der Waals surface area contributed by atoms with Gasteiger partial charge in [0, 0.05) is 11.9 Å². The van der Waals surface area contributed by atoms with Crippen molar-refractivity contribution in [2.75, 3.05) is 12.3 Å². The van der Waals surface area contributed by atoms with Gasteiger partial charge in [0.1, 0.15) is 5.82 Å². The largest absolute Gasteiger partial charge is 0.399 e. The SMILES string of the molecule is Nc1ccn2c(C3CCCN3)nc(Cl)c2c1. The summed E-state index contributed by atoms with van der Waals surface area (Å²) in [4.78, 5) is 4.42. The Kier molecular flexibility index (Phi) is 2.26. The van der Waals surface area contributed by atoms with Crippen LogP contribution in [0.15, 0.2) is 18.3 Å². The molecule has 1 saturated heterocycles. The Bertz CT molecular complexity index is 528. The molecule has 0 aromatic carbocycles. The first-order valence-corrected chi connectivity index (χ1v) is 5.80. The molecule has 0 radical (unpaired) electrons. The lowest BCUT2D eigenvalue weighted by Gasteiger charge is -2.08. The van der Waals surface area contributed by atoms with Crippen molar-refractivity contribution in [3.63, 3.8) is 0 Å². The third-order valence-corrected chi connectivity index (χ3v) is 3.30. The van der Waals surface area contributed by atoms with Crippen LogP contribution < -0.4 is 11.1 Å². The van der Waals surface area contributed by atoms with Crippen molar-refractivity contribution in [1.82, 2.24) is 14.7 Å². The maximum absolute atomic E-state index is 6.11. The van der Waals surface area contributed by atoms with Gasteiger partial charge < -0.3 is 15.5 Å². The molecule has 1 unspecified atom stereocenters. The Labute approximate surface area is 98.4 Å². The second-order valence-electron chi connectivity index (χ2n) is 4.13. The molecule has 0 bridgehead atoms. The van der Waals surface area contributed by atoms with E-state index in [1.54, 1.807) is 0 Å². The van der Waals surface area contributed by atoms with E-state index in [1.807, 2.05) is 22.7 Å². The molecule has 1 aliphatic heterocycles. The molecule has 4 nitrogen and oxygen atoms in total. The molecule has 3 heterocycles. The topological polar surface area (TPSA) is 55.4 Å². The van der Waals surface area contributed by atoms with Gasteiger partial charge in [-0.05, 0) is 31.5 Å². The Morgan fingerprint density at radius 1 is 1.56 bits per heavy atom. The first kappa shape index (κ1) is 9.93. The zero-order valence-electron chi connectivity index (χ0n) is 8.78. The molecule has 0 aliphatic carbocycles. The minimum Gasteiger partial charge on any atom is -0.399 e. The van der Waals surface area contributed by atoms with Crippen LogP contribution in [0.1, 0.15) is 24.7 Å². The number of hydrogen-bond donors (Lipinski definition) is 2. The predicted molar refractivity (Wildman–Crippen MR) is 64.6 cm³/mol. The van der Waals surface area contributed by atoms with Gasteiger partial charge in [0.05, 0.1) is 11.6 Å². The van der Waals surface area contributed by atoms with E-state index >= 15 is 0 Å². The highest BCUT2D eigenvalue weighted by Crippen LogP contribution is 2.27. The fourth-order valence-corrected chi connectivity index (χ4v) is 2.47. The summed E-state index contributed by atoms with van der Waals surface area (Å²) < 4.78 is 2.02. The number of nitrogens with one attached hydrogen (secondary N) is 1. The summed E-state index contributed by atoms with van der Waals surface area (Å²) in [5, 5.41) is 3.94. The average Bonchev–Trinajstić information content (AvgIpc) is 2.87. The molecule has 0 saturated carbocycles. The number of halogens is 1. The van der Waals surface area contributed by atoms with E-state index in [4.69, 9.17) is 17.3 Å². The van der Waals surface area contributed by atoms with Crippen molar-refractivity contribution in [2.45, 2.75) is 18.9 Å². The fourth-order valence-electron chi connectivity index (χ4n) is 2.24. The number of hydrogen-bond acceptors (Lipinski definition) is 3. The Hall–Kier alpha value is -1.26. The zero-order chi connectivity index (χ0) is 11.1. The van der Waals surface area contributed by atoms with Crippen LogP contribution >= 0.6 is 11.6 Å². The number of aromatic nitrogens is 2. The number of imidazole rings is 1. The quantitative estimate of drug-likeness (QED) is 0.796. The van der Waals surface area contributed by atoms with Crippen molar-refractivity contribution < 1.29 is 0 Å². The number of pyridine rings is 1. The molecule has 3 N–H and O–H groups in total. The van der Waals surface area contributed by atoms with Crippen LogP contribution in [0.5, 0.6) is 0 Å². The molecule has 3 rings (SSSR count). The summed E-state index contributed by atoms with van der Waals surface area (Å²) in [5.74, 6) is 0.984. The molecule has 1 atom stereocenters. The van der Waals surface area contributed by atoms with E-state index in [2.05, 4.69) is 10.3 Å². The highest BCUT2D eigenvalue weighted by molar-refractivity contribution is 6.32. The molecule has 0 spiro atoms. The highest BCUT2D eigenvalue weighted by atomic mass is 35.5. The van der Waals surface area contributed by atoms with E-state index in [0.29, 0.717) is 16.9 Å². The molecule has 16 heavy (non-hydrogen) atoms. The van der Waals surface area contributed by atoms with E-state index in [-0.39, 0.29) is 0 Å². The van der Waals surface area contributed by atoms with Gasteiger partial charge in [0.15, 0.2) is 5.15 Å². The van der Waals surface area contributed by atoms with Crippen LogP contribution in [0.4, 0.5) is 5.69 Å². The molecule has 1 fully saturated rings. The zero-order valence-corrected chi connectivity index (χ0v) is 9.54. The third kappa shape index (κ3) is 1.45. The number of nitrogens with zero attached hydrogens (tertiary/aromatic N) is 2. The van der Waals surface area contributed by atoms with Crippen LogP contribution in [0.3, 0.4) is 0 Å². The van der Waals surface area contributed by atoms with Gasteiger partial charge in [0.2, 0.25) is 0 Å². The molecule has 2 aromatic rings. The average molecular weight is 237 g/mol. The minimum atomic E-state index is 0.309. The first-order chi connectivity index (χ1) is 7.75. The van der Waals surface area contributed by atoms with Crippen LogP contribution in [0, 0.1) is 0 Å². The monoisotopic (exact) mass is 236 g/mol. The molecule has 84 valence electrons. The van der Waals surface area contributed by atoms with Gasteiger partial charge in [-0.25, -0.2) is 4.98 Å². The first-order valence-electron chi connectivity index (χ1n) is 5.42. The lowest BCUT2D eigenvalue weighted by molar-refractivity contribution is 0.603. The summed E-state index contributed by atoms with van der Waals surface area (Å²) in [6.07, 6.45) is 4.23.